The van der Waals surface area contributed by atoms with Gasteiger partial charge in [0.2, 0.25) is 0 Å². The number of hydrogen-bond donors (Lipinski definition) is 1. The van der Waals surface area contributed by atoms with E-state index in [1.807, 2.05) is 12.1 Å². The summed E-state index contributed by atoms with van der Waals surface area (Å²) in [6, 6.07) is 9.43. The Morgan fingerprint density at radius 3 is 2.58 bits per heavy atom. The lowest BCUT2D eigenvalue weighted by Gasteiger charge is -2.51. The van der Waals surface area contributed by atoms with Crippen molar-refractivity contribution >= 4 is 6.03 Å². The van der Waals surface area contributed by atoms with Crippen LogP contribution in [0.2, 0.25) is 0 Å². The Morgan fingerprint density at radius 1 is 1.19 bits per heavy atom. The molecule has 4 heterocycles. The van der Waals surface area contributed by atoms with E-state index >= 15 is 0 Å². The van der Waals surface area contributed by atoms with Gasteiger partial charge in [0.1, 0.15) is 5.75 Å². The number of rotatable bonds is 5. The highest BCUT2D eigenvalue weighted by Crippen LogP contribution is 2.46. The van der Waals surface area contributed by atoms with E-state index in [2.05, 4.69) is 34.2 Å². The van der Waals surface area contributed by atoms with Gasteiger partial charge >= 0.3 is 6.03 Å². The van der Waals surface area contributed by atoms with Gasteiger partial charge in [0.25, 0.3) is 0 Å². The maximum atomic E-state index is 12.9. The molecule has 4 fully saturated rings. The number of methoxy groups -OCH3 is 1. The van der Waals surface area contributed by atoms with Gasteiger partial charge in [-0.1, -0.05) is 25.5 Å². The molecule has 0 unspecified atom stereocenters. The Hall–Kier alpha value is -1.75. The molecule has 0 spiro atoms. The highest BCUT2D eigenvalue weighted by Gasteiger charge is 2.54. The number of piperidine rings is 3. The van der Waals surface area contributed by atoms with Gasteiger partial charge in [0.05, 0.1) is 13.2 Å². The number of carbonyl (C=O) groups excluding carboxylic acids is 1. The number of likely N-dealkylation sites (tertiary alicyclic amines) is 1. The van der Waals surface area contributed by atoms with Crippen molar-refractivity contribution in [3.63, 3.8) is 0 Å². The minimum Gasteiger partial charge on any atom is -0.497 e. The molecule has 0 saturated carbocycles. The molecule has 0 aromatic heterocycles. The van der Waals surface area contributed by atoms with Crippen molar-refractivity contribution in [3.8, 4) is 5.75 Å². The first kappa shape index (κ1) is 17.7. The summed E-state index contributed by atoms with van der Waals surface area (Å²) < 4.78 is 5.32. The summed E-state index contributed by atoms with van der Waals surface area (Å²) in [7, 11) is 1.70. The van der Waals surface area contributed by atoms with Crippen molar-refractivity contribution in [1.82, 2.24) is 15.1 Å². The van der Waals surface area contributed by atoms with Crippen LogP contribution >= 0.6 is 0 Å². The van der Waals surface area contributed by atoms with E-state index < -0.39 is 0 Å². The molecule has 5 nitrogen and oxygen atoms in total. The molecular weight excluding hydrogens is 326 g/mol. The van der Waals surface area contributed by atoms with Crippen molar-refractivity contribution < 1.29 is 9.53 Å². The Balaban J connectivity index is 1.58. The van der Waals surface area contributed by atoms with Crippen LogP contribution in [-0.4, -0.2) is 61.2 Å². The SMILES string of the molecule is CCCCNC(=O)N1C[C@@H](c2ccc(OC)cc2)[C@@H]2[C@H]1C1CCN2CC1. The zero-order chi connectivity index (χ0) is 18.1. The lowest BCUT2D eigenvalue weighted by molar-refractivity contribution is 0.00355. The van der Waals surface area contributed by atoms with E-state index in [0.717, 1.165) is 31.7 Å². The van der Waals surface area contributed by atoms with Gasteiger partial charge in [-0.25, -0.2) is 4.79 Å². The molecule has 4 aliphatic heterocycles. The maximum absolute atomic E-state index is 12.9. The first-order chi connectivity index (χ1) is 12.7. The van der Waals surface area contributed by atoms with Crippen molar-refractivity contribution in [1.29, 1.82) is 0 Å². The largest absolute Gasteiger partial charge is 0.497 e. The first-order valence-electron chi connectivity index (χ1n) is 10.2. The second kappa shape index (κ2) is 7.47. The number of nitrogens with zero attached hydrogens (tertiary/aromatic N) is 2. The topological polar surface area (TPSA) is 44.8 Å². The third-order valence-electron chi connectivity index (χ3n) is 6.61. The number of benzene rings is 1. The minimum absolute atomic E-state index is 0.137. The van der Waals surface area contributed by atoms with Crippen LogP contribution in [0.5, 0.6) is 5.75 Å². The first-order valence-corrected chi connectivity index (χ1v) is 10.2. The summed E-state index contributed by atoms with van der Waals surface area (Å²) in [5.41, 5.74) is 1.33. The number of fused-ring (bicyclic) bond motifs is 2. The molecule has 4 saturated heterocycles. The smallest absolute Gasteiger partial charge is 0.317 e. The van der Waals surface area contributed by atoms with Gasteiger partial charge in [-0.3, -0.25) is 4.90 Å². The van der Waals surface area contributed by atoms with E-state index in [1.54, 1.807) is 7.11 Å². The van der Waals surface area contributed by atoms with Gasteiger partial charge in [-0.05, 0) is 56.0 Å². The fraction of sp³-hybridized carbons (Fsp3) is 0.667. The fourth-order valence-corrected chi connectivity index (χ4v) is 5.27. The van der Waals surface area contributed by atoms with Gasteiger partial charge in [-0.15, -0.1) is 0 Å². The summed E-state index contributed by atoms with van der Waals surface area (Å²) in [6.07, 6.45) is 4.62. The van der Waals surface area contributed by atoms with Gasteiger partial charge < -0.3 is 15.0 Å². The van der Waals surface area contributed by atoms with E-state index in [0.29, 0.717) is 23.9 Å². The Kier molecular flexibility index (Phi) is 5.07. The Labute approximate surface area is 156 Å². The molecule has 142 valence electrons. The van der Waals surface area contributed by atoms with Crippen LogP contribution in [0.3, 0.4) is 0 Å². The van der Waals surface area contributed by atoms with Crippen molar-refractivity contribution in [2.75, 3.05) is 33.3 Å². The minimum atomic E-state index is 0.137. The molecule has 1 aromatic carbocycles. The van der Waals surface area contributed by atoms with E-state index in [9.17, 15) is 4.79 Å². The second-order valence-electron chi connectivity index (χ2n) is 7.97. The van der Waals surface area contributed by atoms with Gasteiger partial charge in [0, 0.05) is 25.0 Å². The van der Waals surface area contributed by atoms with E-state index in [-0.39, 0.29) is 6.03 Å². The predicted molar refractivity (Wildman–Crippen MR) is 103 cm³/mol. The normalized spacial score (nSPS) is 32.4. The number of amides is 2. The van der Waals surface area contributed by atoms with Crippen LogP contribution in [0.25, 0.3) is 0 Å². The Bertz CT molecular complexity index is 625. The monoisotopic (exact) mass is 357 g/mol. The third-order valence-corrected chi connectivity index (χ3v) is 6.61. The molecule has 2 bridgehead atoms. The summed E-state index contributed by atoms with van der Waals surface area (Å²) in [6.45, 7) is 6.14. The average Bonchev–Trinajstić information content (AvgIpc) is 3.12. The van der Waals surface area contributed by atoms with Crippen molar-refractivity contribution in [2.45, 2.75) is 50.6 Å². The molecule has 1 N–H and O–H groups in total. The zero-order valence-electron chi connectivity index (χ0n) is 16.0. The summed E-state index contributed by atoms with van der Waals surface area (Å²) >= 11 is 0. The zero-order valence-corrected chi connectivity index (χ0v) is 16.0. The van der Waals surface area contributed by atoms with Crippen LogP contribution in [-0.2, 0) is 0 Å². The second-order valence-corrected chi connectivity index (χ2v) is 7.97. The highest BCUT2D eigenvalue weighted by atomic mass is 16.5. The lowest BCUT2D eigenvalue weighted by atomic mass is 9.75. The lowest BCUT2D eigenvalue weighted by Crippen LogP contribution is -2.61. The molecule has 5 rings (SSSR count). The molecule has 4 aliphatic rings. The molecule has 2 amide bonds. The number of unbranched alkanes of at least 4 members (excludes halogenated alkanes) is 1. The predicted octanol–water partition coefficient (Wildman–Crippen LogP) is 3.07. The molecular formula is C21H31N3O2. The molecule has 1 aromatic rings. The Morgan fingerprint density at radius 2 is 1.92 bits per heavy atom. The van der Waals surface area contributed by atoms with Crippen molar-refractivity contribution in [3.05, 3.63) is 29.8 Å². The number of hydrogen-bond acceptors (Lipinski definition) is 3. The van der Waals surface area contributed by atoms with Crippen molar-refractivity contribution in [2.24, 2.45) is 5.92 Å². The average molecular weight is 357 g/mol. The van der Waals surface area contributed by atoms with Crippen LogP contribution in [0, 0.1) is 5.92 Å². The summed E-state index contributed by atoms with van der Waals surface area (Å²) in [5, 5.41) is 3.16. The molecule has 26 heavy (non-hydrogen) atoms. The third kappa shape index (κ3) is 3.07. The van der Waals surface area contributed by atoms with Crippen LogP contribution in [0.4, 0.5) is 4.79 Å². The van der Waals surface area contributed by atoms with Gasteiger partial charge in [0.15, 0.2) is 0 Å². The van der Waals surface area contributed by atoms with Crippen LogP contribution in [0.1, 0.15) is 44.1 Å². The number of urea groups is 1. The molecule has 0 radical (unpaired) electrons. The standard InChI is InChI=1S/C21H31N3O2/c1-3-4-11-22-21(25)24-14-18(15-5-7-17(26-2)8-6-15)20-19(24)16-9-12-23(20)13-10-16/h5-8,16,18-20H,3-4,9-14H2,1-2H3,(H,22,25)/t18-,19+,20+/m0/s1. The molecule has 0 aliphatic carbocycles. The maximum Gasteiger partial charge on any atom is 0.317 e. The number of carbonyl (C=O) groups is 1. The van der Waals surface area contributed by atoms with Crippen LogP contribution in [0.15, 0.2) is 24.3 Å². The quantitative estimate of drug-likeness (QED) is 0.824. The summed E-state index contributed by atoms with van der Waals surface area (Å²) in [4.78, 5) is 17.7. The fourth-order valence-electron chi connectivity index (χ4n) is 5.27. The molecule has 5 heteroatoms. The van der Waals surface area contributed by atoms with E-state index in [4.69, 9.17) is 4.74 Å². The number of nitrogens with one attached hydrogen (secondary N) is 1. The van der Waals surface area contributed by atoms with Gasteiger partial charge in [-0.2, -0.15) is 0 Å². The van der Waals surface area contributed by atoms with E-state index in [1.165, 1.54) is 31.5 Å². The summed E-state index contributed by atoms with van der Waals surface area (Å²) in [5.74, 6) is 1.94. The van der Waals surface area contributed by atoms with Crippen LogP contribution < -0.4 is 10.1 Å². The molecule has 3 atom stereocenters. The highest BCUT2D eigenvalue weighted by molar-refractivity contribution is 5.75. The number of ether oxygens (including phenoxy) is 1.